The zero-order valence-corrected chi connectivity index (χ0v) is 19.0. The number of aromatic nitrogens is 4. The minimum atomic E-state index is -0.607. The Kier molecular flexibility index (Phi) is 6.25. The van der Waals surface area contributed by atoms with E-state index < -0.39 is 5.97 Å². The molecule has 4 aromatic rings. The molecule has 2 heterocycles. The van der Waals surface area contributed by atoms with Gasteiger partial charge in [0.25, 0.3) is 0 Å². The van der Waals surface area contributed by atoms with Crippen LogP contribution in [0.5, 0.6) is 5.75 Å². The van der Waals surface area contributed by atoms with Gasteiger partial charge in [0.05, 0.1) is 24.8 Å². The second-order valence-electron chi connectivity index (χ2n) is 8.23. The number of imidazole rings is 1. The number of aryl methyl sites for hydroxylation is 1. The molecule has 7 heteroatoms. The molecular weight excluding hydrogens is 428 g/mol. The smallest absolute Gasteiger partial charge is 0.400 e. The monoisotopic (exact) mass is 454 g/mol. The largest absolute Gasteiger partial charge is 0.450 e. The van der Waals surface area contributed by atoms with Crippen LogP contribution in [0, 0.1) is 0 Å². The number of benzene rings is 2. The van der Waals surface area contributed by atoms with Crippen LogP contribution in [0.3, 0.4) is 0 Å². The first kappa shape index (κ1) is 21.7. The first-order valence-corrected chi connectivity index (χ1v) is 11.5. The topological polar surface area (TPSA) is 71.2 Å². The Hall–Kier alpha value is -4.13. The van der Waals surface area contributed by atoms with Crippen molar-refractivity contribution in [2.75, 3.05) is 0 Å². The lowest BCUT2D eigenvalue weighted by Gasteiger charge is -2.19. The lowest BCUT2D eigenvalue weighted by Crippen LogP contribution is -2.24. The second kappa shape index (κ2) is 9.79. The van der Waals surface area contributed by atoms with Crippen LogP contribution in [0.25, 0.3) is 0 Å². The number of rotatable bonds is 7. The number of carbonyl (C=O) groups is 1. The molecule has 0 amide bonds. The molecule has 1 atom stereocenters. The molecule has 5 rings (SSSR count). The maximum absolute atomic E-state index is 12.9. The van der Waals surface area contributed by atoms with Crippen molar-refractivity contribution < 1.29 is 14.4 Å². The standard InChI is InChI=1S/C27H26N4O3/c1-2-24(33-25-14-8-12-20-9-6-7-13-23(20)25)27(32)34-31-18-22(17-29-31)26(30-16-15-28-19-30)21-10-4-3-5-11-21/h2-5,8,10-12,14-19,26H,6-7,9,13H2,1H3/b24-2+. The van der Waals surface area contributed by atoms with Gasteiger partial charge in [-0.15, -0.1) is 5.10 Å². The molecule has 0 saturated heterocycles. The van der Waals surface area contributed by atoms with Gasteiger partial charge in [0.15, 0.2) is 0 Å². The molecule has 0 bridgehead atoms. The van der Waals surface area contributed by atoms with E-state index in [1.54, 1.807) is 37.9 Å². The van der Waals surface area contributed by atoms with E-state index >= 15 is 0 Å². The van der Waals surface area contributed by atoms with Crippen molar-refractivity contribution in [1.82, 2.24) is 19.5 Å². The van der Waals surface area contributed by atoms with Crippen LogP contribution >= 0.6 is 0 Å². The number of carbonyl (C=O) groups excluding carboxylic acids is 1. The van der Waals surface area contributed by atoms with E-state index in [0.717, 1.165) is 30.4 Å². The van der Waals surface area contributed by atoms with Crippen LogP contribution in [-0.2, 0) is 17.6 Å². The number of nitrogens with zero attached hydrogens (tertiary/aromatic N) is 4. The van der Waals surface area contributed by atoms with Crippen LogP contribution in [0.2, 0.25) is 0 Å². The normalized spacial score (nSPS) is 14.3. The molecule has 1 aliphatic carbocycles. The summed E-state index contributed by atoms with van der Waals surface area (Å²) in [5.41, 5.74) is 4.39. The van der Waals surface area contributed by atoms with E-state index in [1.807, 2.05) is 53.2 Å². The number of ether oxygens (including phenoxy) is 1. The number of fused-ring (bicyclic) bond motifs is 1. The Morgan fingerprint density at radius 1 is 1.06 bits per heavy atom. The highest BCUT2D eigenvalue weighted by molar-refractivity contribution is 5.87. The third kappa shape index (κ3) is 4.50. The summed E-state index contributed by atoms with van der Waals surface area (Å²) < 4.78 is 8.00. The van der Waals surface area contributed by atoms with Crippen LogP contribution in [-0.4, -0.2) is 25.5 Å². The molecule has 7 nitrogen and oxygen atoms in total. The van der Waals surface area contributed by atoms with Crippen molar-refractivity contribution in [3.63, 3.8) is 0 Å². The summed E-state index contributed by atoms with van der Waals surface area (Å²) in [4.78, 5) is 23.8. The minimum absolute atomic E-state index is 0.130. The highest BCUT2D eigenvalue weighted by Gasteiger charge is 2.22. The van der Waals surface area contributed by atoms with E-state index in [9.17, 15) is 4.79 Å². The minimum Gasteiger partial charge on any atom is -0.450 e. The fourth-order valence-electron chi connectivity index (χ4n) is 4.41. The Morgan fingerprint density at radius 2 is 1.91 bits per heavy atom. The summed E-state index contributed by atoms with van der Waals surface area (Å²) in [5, 5.41) is 4.26. The number of hydrogen-bond donors (Lipinski definition) is 0. The zero-order chi connectivity index (χ0) is 23.3. The van der Waals surface area contributed by atoms with Gasteiger partial charge in [0, 0.05) is 18.0 Å². The Labute approximate surface area is 198 Å². The lowest BCUT2D eigenvalue weighted by molar-refractivity contribution is -0.143. The summed E-state index contributed by atoms with van der Waals surface area (Å²) in [7, 11) is 0. The van der Waals surface area contributed by atoms with Gasteiger partial charge in [0.1, 0.15) is 5.75 Å². The summed E-state index contributed by atoms with van der Waals surface area (Å²) >= 11 is 0. The Bertz CT molecular complexity index is 1290. The van der Waals surface area contributed by atoms with Crippen LogP contribution in [0.15, 0.2) is 91.5 Å². The zero-order valence-electron chi connectivity index (χ0n) is 19.0. The maximum atomic E-state index is 12.9. The van der Waals surface area contributed by atoms with Crippen molar-refractivity contribution >= 4 is 5.97 Å². The van der Waals surface area contributed by atoms with Crippen LogP contribution in [0.4, 0.5) is 0 Å². The van der Waals surface area contributed by atoms with Gasteiger partial charge in [-0.2, -0.15) is 0 Å². The van der Waals surface area contributed by atoms with Gasteiger partial charge in [-0.3, -0.25) is 0 Å². The number of hydrogen-bond acceptors (Lipinski definition) is 5. The summed E-state index contributed by atoms with van der Waals surface area (Å²) in [6.45, 7) is 1.75. The quantitative estimate of drug-likeness (QED) is 0.303. The fraction of sp³-hybridized carbons (Fsp3) is 0.222. The first-order valence-electron chi connectivity index (χ1n) is 11.5. The van der Waals surface area contributed by atoms with Crippen molar-refractivity contribution in [2.24, 2.45) is 0 Å². The van der Waals surface area contributed by atoms with Gasteiger partial charge in [-0.05, 0) is 61.4 Å². The molecule has 2 aromatic heterocycles. The van der Waals surface area contributed by atoms with E-state index in [4.69, 9.17) is 9.57 Å². The molecule has 0 radical (unpaired) electrons. The molecule has 0 aliphatic heterocycles. The third-order valence-corrected chi connectivity index (χ3v) is 6.05. The summed E-state index contributed by atoms with van der Waals surface area (Å²) in [5.74, 6) is 0.238. The lowest BCUT2D eigenvalue weighted by atomic mass is 9.91. The molecule has 0 spiro atoms. The molecule has 0 saturated carbocycles. The first-order chi connectivity index (χ1) is 16.7. The highest BCUT2D eigenvalue weighted by atomic mass is 16.7. The third-order valence-electron chi connectivity index (χ3n) is 6.05. The average Bonchev–Trinajstić information content (AvgIpc) is 3.56. The molecule has 0 fully saturated rings. The second-order valence-corrected chi connectivity index (χ2v) is 8.23. The van der Waals surface area contributed by atoms with Gasteiger partial charge in [0.2, 0.25) is 5.76 Å². The predicted octanol–water partition coefficient (Wildman–Crippen LogP) is 4.53. The van der Waals surface area contributed by atoms with Crippen LogP contribution in [0.1, 0.15) is 48.1 Å². The number of allylic oxidation sites excluding steroid dienone is 1. The maximum Gasteiger partial charge on any atom is 0.400 e. The molecule has 172 valence electrons. The highest BCUT2D eigenvalue weighted by Crippen LogP contribution is 2.31. The van der Waals surface area contributed by atoms with Gasteiger partial charge < -0.3 is 14.1 Å². The van der Waals surface area contributed by atoms with E-state index in [2.05, 4.69) is 16.1 Å². The Morgan fingerprint density at radius 3 is 2.71 bits per heavy atom. The van der Waals surface area contributed by atoms with Gasteiger partial charge in [-0.1, -0.05) is 47.3 Å². The van der Waals surface area contributed by atoms with Crippen molar-refractivity contribution in [1.29, 1.82) is 0 Å². The SMILES string of the molecule is C/C=C(/Oc1cccc2c1CCCC2)C(=O)On1cc(C(c2ccccc2)n2ccnc2)cn1. The molecule has 1 aliphatic rings. The van der Waals surface area contributed by atoms with Crippen molar-refractivity contribution in [3.05, 3.63) is 114 Å². The Balaban J connectivity index is 1.34. The molecule has 0 N–H and O–H groups in total. The van der Waals surface area contributed by atoms with E-state index in [-0.39, 0.29) is 11.8 Å². The predicted molar refractivity (Wildman–Crippen MR) is 127 cm³/mol. The van der Waals surface area contributed by atoms with Gasteiger partial charge in [-0.25, -0.2) is 9.78 Å². The molecule has 1 unspecified atom stereocenters. The average molecular weight is 455 g/mol. The molecule has 2 aromatic carbocycles. The van der Waals surface area contributed by atoms with Gasteiger partial charge >= 0.3 is 5.97 Å². The van der Waals surface area contributed by atoms with Crippen molar-refractivity contribution in [3.8, 4) is 5.75 Å². The van der Waals surface area contributed by atoms with Crippen LogP contribution < -0.4 is 9.57 Å². The van der Waals surface area contributed by atoms with E-state index in [0.29, 0.717) is 5.75 Å². The molecular formula is C27H26N4O3. The fourth-order valence-corrected chi connectivity index (χ4v) is 4.41. The van der Waals surface area contributed by atoms with Crippen molar-refractivity contribution in [2.45, 2.75) is 38.6 Å². The van der Waals surface area contributed by atoms with E-state index in [1.165, 1.54) is 22.4 Å². The summed E-state index contributed by atoms with van der Waals surface area (Å²) in [6.07, 6.45) is 14.7. The molecule has 34 heavy (non-hydrogen) atoms. The summed E-state index contributed by atoms with van der Waals surface area (Å²) in [6, 6.07) is 15.9.